The van der Waals surface area contributed by atoms with Crippen molar-refractivity contribution in [2.24, 2.45) is 5.16 Å². The maximum Gasteiger partial charge on any atom is 0.356 e. The molecule has 0 unspecified atom stereocenters. The van der Waals surface area contributed by atoms with Crippen molar-refractivity contribution in [3.05, 3.63) is 196 Å². The third kappa shape index (κ3) is 8.28. The van der Waals surface area contributed by atoms with Gasteiger partial charge in [-0.25, -0.2) is 4.79 Å². The van der Waals surface area contributed by atoms with E-state index in [-0.39, 0.29) is 27.5 Å². The number of thioether (sulfide) groups is 1. The zero-order chi connectivity index (χ0) is 43.3. The molecule has 1 saturated heterocycles. The Bertz CT molecular complexity index is 2670. The van der Waals surface area contributed by atoms with E-state index in [1.54, 1.807) is 0 Å². The quantitative estimate of drug-likeness (QED) is 0.0330. The largest absolute Gasteiger partial charge is 0.448 e. The minimum atomic E-state index is -1.34. The fourth-order valence-electron chi connectivity index (χ4n) is 7.75. The van der Waals surface area contributed by atoms with Crippen LogP contribution in [0.2, 0.25) is 0 Å². The number of carbonyl (C=O) groups excluding carboxylic acids is 3. The average Bonchev–Trinajstić information content (AvgIpc) is 3.96. The summed E-state index contributed by atoms with van der Waals surface area (Å²) in [5.41, 5.74) is 14.1. The molecule has 14 nitrogen and oxygen atoms in total. The molecule has 2 atom stereocenters. The molecular formula is C46H37N9O5S3. The highest BCUT2D eigenvalue weighted by Gasteiger charge is 2.54. The van der Waals surface area contributed by atoms with Crippen molar-refractivity contribution in [1.82, 2.24) is 29.8 Å². The average molecular weight is 892 g/mol. The Hall–Kier alpha value is -7.21. The molecule has 314 valence electrons. The normalized spacial score (nSPS) is 16.3. The number of anilines is 2. The molecule has 5 N–H and O–H groups in total. The Morgan fingerprint density at radius 2 is 1.32 bits per heavy atom. The van der Waals surface area contributed by atoms with Crippen LogP contribution >= 0.6 is 34.6 Å². The number of hydrogen-bond donors (Lipinski definition) is 3. The van der Waals surface area contributed by atoms with Crippen molar-refractivity contribution < 1.29 is 24.0 Å². The SMILES string of the molecule is Nc1nc(C(=NOC(c2ccccc2)(c2ccccc2)c2ccccc2)C(=O)N[C@@H]2C(=O)N3C(C(=O)OC(c4ccccc4)c4ccccc4)=C(Sc4nnc(N)s4)CC[C@H]23)ns1. The van der Waals surface area contributed by atoms with Crippen LogP contribution in [0.4, 0.5) is 10.3 Å². The number of hydrogen-bond acceptors (Lipinski definition) is 15. The molecule has 7 aromatic rings. The van der Waals surface area contributed by atoms with Crippen molar-refractivity contribution in [3.8, 4) is 0 Å². The number of nitrogens with zero attached hydrogens (tertiary/aromatic N) is 6. The number of benzene rings is 5. The molecule has 2 aliphatic rings. The van der Waals surface area contributed by atoms with Crippen LogP contribution < -0.4 is 16.8 Å². The Kier molecular flexibility index (Phi) is 11.8. The lowest BCUT2D eigenvalue weighted by Gasteiger charge is -2.50. The molecule has 2 aliphatic heterocycles. The minimum absolute atomic E-state index is 0.0573. The summed E-state index contributed by atoms with van der Waals surface area (Å²) in [5.74, 6) is -2.10. The first-order chi connectivity index (χ1) is 30.8. The predicted molar refractivity (Wildman–Crippen MR) is 241 cm³/mol. The number of rotatable bonds is 14. The van der Waals surface area contributed by atoms with Gasteiger partial charge in [0.25, 0.3) is 11.8 Å². The van der Waals surface area contributed by atoms with E-state index in [1.807, 2.05) is 152 Å². The second-order valence-corrected chi connectivity index (χ2v) is 17.6. The van der Waals surface area contributed by atoms with Gasteiger partial charge in [-0.2, -0.15) is 9.36 Å². The van der Waals surface area contributed by atoms with Gasteiger partial charge in [0.2, 0.25) is 22.3 Å². The fraction of sp³-hybridized carbons (Fsp3) is 0.130. The molecule has 0 radical (unpaired) electrons. The molecule has 1 fully saturated rings. The summed E-state index contributed by atoms with van der Waals surface area (Å²) in [6, 6.07) is 45.7. The number of nitrogens with two attached hydrogens (primary N) is 2. The lowest BCUT2D eigenvalue weighted by molar-refractivity contribution is -0.158. The third-order valence-electron chi connectivity index (χ3n) is 10.6. The summed E-state index contributed by atoms with van der Waals surface area (Å²) in [6.07, 6.45) is -0.0252. The summed E-state index contributed by atoms with van der Waals surface area (Å²) in [4.78, 5) is 56.4. The van der Waals surface area contributed by atoms with Gasteiger partial charge in [0.1, 0.15) is 11.7 Å². The highest BCUT2D eigenvalue weighted by molar-refractivity contribution is 8.04. The maximum atomic E-state index is 14.6. The summed E-state index contributed by atoms with van der Waals surface area (Å²) in [7, 11) is 0. The Morgan fingerprint density at radius 3 is 1.81 bits per heavy atom. The van der Waals surface area contributed by atoms with Gasteiger partial charge in [0.05, 0.1) is 6.04 Å². The standard InChI is InChI=1S/C46H37N9O5S3/c47-43-50-39(54-63-43)36(53-60-46(30-20-10-3-11-21-30,31-22-12-4-13-23-31)32-24-14-5-15-25-32)40(56)49-35-33-26-27-34(61-45-52-51-44(48)62-45)37(55(33)41(35)57)42(58)59-38(28-16-6-1-7-17-28)29-18-8-2-9-19-29/h1-25,33,35,38H,26-27H2,(H2,48,51)(H,49,56)(H2,47,50,54)/t33-,35+/m1/s1. The van der Waals surface area contributed by atoms with Crippen molar-refractivity contribution >= 4 is 68.4 Å². The summed E-state index contributed by atoms with van der Waals surface area (Å²) in [6.45, 7) is 0. The first kappa shape index (κ1) is 41.2. The summed E-state index contributed by atoms with van der Waals surface area (Å²) in [5, 5.41) is 15.9. The zero-order valence-electron chi connectivity index (χ0n) is 33.2. The Morgan fingerprint density at radius 1 is 0.778 bits per heavy atom. The molecule has 9 rings (SSSR count). The van der Waals surface area contributed by atoms with Gasteiger partial charge in [-0.3, -0.25) is 14.5 Å². The molecule has 63 heavy (non-hydrogen) atoms. The Labute approximate surface area is 373 Å². The van der Waals surface area contributed by atoms with E-state index >= 15 is 0 Å². The van der Waals surface area contributed by atoms with Gasteiger partial charge < -0.3 is 26.4 Å². The van der Waals surface area contributed by atoms with E-state index in [0.717, 1.165) is 50.7 Å². The topological polar surface area (TPSA) is 201 Å². The summed E-state index contributed by atoms with van der Waals surface area (Å²) >= 11 is 3.25. The maximum absolute atomic E-state index is 14.6. The molecule has 0 bridgehead atoms. The Balaban J connectivity index is 1.05. The van der Waals surface area contributed by atoms with Crippen LogP contribution in [0.15, 0.2) is 172 Å². The first-order valence-electron chi connectivity index (χ1n) is 19.8. The number of aromatic nitrogens is 4. The molecule has 0 aliphatic carbocycles. The van der Waals surface area contributed by atoms with E-state index < -0.39 is 41.6 Å². The molecule has 0 saturated carbocycles. The van der Waals surface area contributed by atoms with Crippen molar-refractivity contribution in [2.75, 3.05) is 11.5 Å². The number of esters is 1. The van der Waals surface area contributed by atoms with E-state index in [9.17, 15) is 14.4 Å². The number of nitrogen functional groups attached to an aromatic ring is 2. The monoisotopic (exact) mass is 891 g/mol. The number of ether oxygens (including phenoxy) is 1. The van der Waals surface area contributed by atoms with Gasteiger partial charge >= 0.3 is 5.97 Å². The smallest absolute Gasteiger partial charge is 0.356 e. The number of allylic oxidation sites excluding steroid dienone is 1. The van der Waals surface area contributed by atoms with Crippen LogP contribution in [0.1, 0.15) is 52.6 Å². The number of oxime groups is 1. The lowest BCUT2D eigenvalue weighted by atomic mass is 9.80. The van der Waals surface area contributed by atoms with Crippen LogP contribution in [0, 0.1) is 0 Å². The van der Waals surface area contributed by atoms with E-state index in [1.165, 1.54) is 16.7 Å². The van der Waals surface area contributed by atoms with Crippen LogP contribution in [0.25, 0.3) is 0 Å². The zero-order valence-corrected chi connectivity index (χ0v) is 35.6. The number of β-lactam (4-membered cyclic amide) rings is 1. The molecule has 0 spiro atoms. The van der Waals surface area contributed by atoms with Gasteiger partial charge in [0, 0.05) is 33.1 Å². The highest BCUT2D eigenvalue weighted by Crippen LogP contribution is 2.45. The van der Waals surface area contributed by atoms with Crippen LogP contribution in [-0.4, -0.2) is 60.0 Å². The van der Waals surface area contributed by atoms with Crippen molar-refractivity contribution in [2.45, 2.75) is 41.0 Å². The first-order valence-corrected chi connectivity index (χ1v) is 22.2. The lowest BCUT2D eigenvalue weighted by Crippen LogP contribution is -2.72. The number of amides is 2. The predicted octanol–water partition coefficient (Wildman–Crippen LogP) is 7.09. The number of nitrogens with one attached hydrogen (secondary N) is 1. The van der Waals surface area contributed by atoms with Crippen LogP contribution in [0.3, 0.4) is 0 Å². The fourth-order valence-corrected chi connectivity index (χ4v) is 10.0. The van der Waals surface area contributed by atoms with Crippen LogP contribution in [-0.2, 0) is 29.6 Å². The highest BCUT2D eigenvalue weighted by atomic mass is 32.2. The second-order valence-electron chi connectivity index (χ2n) is 14.4. The van der Waals surface area contributed by atoms with Gasteiger partial charge in [0.15, 0.2) is 15.6 Å². The number of carbonyl (C=O) groups is 3. The van der Waals surface area contributed by atoms with Gasteiger partial charge in [-0.05, 0) is 24.0 Å². The van der Waals surface area contributed by atoms with Crippen LogP contribution in [0.5, 0.6) is 0 Å². The van der Waals surface area contributed by atoms with Gasteiger partial charge in [-0.15, -0.1) is 10.2 Å². The van der Waals surface area contributed by atoms with E-state index in [4.69, 9.17) is 21.0 Å². The summed E-state index contributed by atoms with van der Waals surface area (Å²) < 4.78 is 11.1. The van der Waals surface area contributed by atoms with Crippen molar-refractivity contribution in [3.63, 3.8) is 0 Å². The van der Waals surface area contributed by atoms with E-state index in [0.29, 0.717) is 22.1 Å². The van der Waals surface area contributed by atoms with Crippen molar-refractivity contribution in [1.29, 1.82) is 0 Å². The molecule has 4 heterocycles. The second kappa shape index (κ2) is 18.0. The van der Waals surface area contributed by atoms with Gasteiger partial charge in [-0.1, -0.05) is 180 Å². The molecule has 2 aromatic heterocycles. The minimum Gasteiger partial charge on any atom is -0.448 e. The third-order valence-corrected chi connectivity index (χ3v) is 13.1. The molecule has 17 heteroatoms. The van der Waals surface area contributed by atoms with E-state index in [2.05, 4.69) is 30.0 Å². The number of fused-ring (bicyclic) bond motifs is 1. The molecule has 2 amide bonds. The molecule has 5 aromatic carbocycles. The molecular weight excluding hydrogens is 855 g/mol.